The number of rotatable bonds is 5. The van der Waals surface area contributed by atoms with Crippen molar-refractivity contribution in [2.75, 3.05) is 12.5 Å². The van der Waals surface area contributed by atoms with E-state index in [1.54, 1.807) is 0 Å². The Hall–Kier alpha value is 1.25. The maximum atomic E-state index is 11.6. The van der Waals surface area contributed by atoms with Crippen molar-refractivity contribution in [3.8, 4) is 0 Å². The molecule has 1 aliphatic carbocycles. The minimum Gasteiger partial charge on any atom is -0.330 e. The number of hydrogen-bond donors (Lipinski definition) is 0. The van der Waals surface area contributed by atoms with Gasteiger partial charge in [0.15, 0.2) is 8.03 Å². The fraction of sp³-hybridized carbons (Fsp3) is 1.00. The van der Waals surface area contributed by atoms with Crippen LogP contribution in [-0.2, 0) is 9.09 Å². The molecule has 0 bridgehead atoms. The van der Waals surface area contributed by atoms with Gasteiger partial charge in [-0.1, -0.05) is 19.3 Å². The van der Waals surface area contributed by atoms with Crippen LogP contribution in [-0.4, -0.2) is 41.2 Å². The Morgan fingerprint density at radius 1 is 1.29 bits per heavy atom. The van der Waals surface area contributed by atoms with Gasteiger partial charge in [-0.3, -0.25) is 4.57 Å². The van der Waals surface area contributed by atoms with E-state index in [9.17, 15) is 4.57 Å². The first-order valence-corrected chi connectivity index (χ1v) is 7.00. The van der Waals surface area contributed by atoms with Crippen LogP contribution in [0.3, 0.4) is 0 Å². The molecule has 0 aliphatic heterocycles. The third-order valence-corrected chi connectivity index (χ3v) is 4.46. The van der Waals surface area contributed by atoms with Gasteiger partial charge in [0.2, 0.25) is 0 Å². The van der Waals surface area contributed by atoms with Crippen LogP contribution < -0.4 is 0 Å². The lowest BCUT2D eigenvalue weighted by Gasteiger charge is -2.20. The molecule has 0 spiro atoms. The summed E-state index contributed by atoms with van der Waals surface area (Å²) in [6, 6.07) is 0. The second kappa shape index (κ2) is 9.47. The molecule has 0 heterocycles. The van der Waals surface area contributed by atoms with Gasteiger partial charge in [0.05, 0.1) is 6.61 Å². The summed E-state index contributed by atoms with van der Waals surface area (Å²) in [6.45, 7) is 0.567. The Morgan fingerprint density at radius 2 is 1.93 bits per heavy atom. The van der Waals surface area contributed by atoms with Crippen LogP contribution in [0.1, 0.15) is 38.5 Å². The second-order valence-electron chi connectivity index (χ2n) is 3.54. The molecule has 5 heteroatoms. The largest absolute Gasteiger partial charge is 0.330 e. The van der Waals surface area contributed by atoms with E-state index in [4.69, 9.17) is 16.1 Å². The summed E-state index contributed by atoms with van der Waals surface area (Å²) in [4.78, 5) is 0. The van der Waals surface area contributed by atoms with E-state index in [1.807, 2.05) is 0 Å². The fourth-order valence-corrected chi connectivity index (χ4v) is 3.25. The van der Waals surface area contributed by atoms with Gasteiger partial charge in [0.1, 0.15) is 0 Å². The van der Waals surface area contributed by atoms with Crippen molar-refractivity contribution in [3.63, 3.8) is 0 Å². The monoisotopic (exact) mass is 250 g/mol. The number of alkyl halides is 1. The summed E-state index contributed by atoms with van der Waals surface area (Å²) in [6.07, 6.45) is 6.75. The highest BCUT2D eigenvalue weighted by Crippen LogP contribution is 2.39. The third-order valence-electron chi connectivity index (χ3n) is 2.46. The van der Waals surface area contributed by atoms with Gasteiger partial charge in [-0.05, 0) is 19.3 Å². The highest BCUT2D eigenvalue weighted by Gasteiger charge is 2.19. The van der Waals surface area contributed by atoms with E-state index in [1.165, 1.54) is 19.3 Å². The van der Waals surface area contributed by atoms with E-state index < -0.39 is 8.03 Å². The molecule has 1 saturated carbocycles. The van der Waals surface area contributed by atoms with Gasteiger partial charge in [-0.15, -0.1) is 11.6 Å². The third kappa shape index (κ3) is 5.97. The van der Waals surface area contributed by atoms with Crippen LogP contribution in [0.25, 0.3) is 0 Å². The van der Waals surface area contributed by atoms with Crippen LogP contribution in [0.5, 0.6) is 0 Å². The van der Waals surface area contributed by atoms with Gasteiger partial charge in [-0.25, -0.2) is 0 Å². The van der Waals surface area contributed by atoms with Crippen molar-refractivity contribution in [1.29, 1.82) is 0 Å². The Kier molecular flexibility index (Phi) is 10.3. The molecule has 0 aromatic heterocycles. The predicted molar refractivity (Wildman–Crippen MR) is 65.7 cm³/mol. The molecule has 0 amide bonds. The smallest absolute Gasteiger partial charge is 0.316 e. The number of hydrogen-bond acceptors (Lipinski definition) is 2. The molecule has 0 aromatic rings. The molecule has 82 valence electrons. The van der Waals surface area contributed by atoms with Crippen LogP contribution in [0.2, 0.25) is 0 Å². The van der Waals surface area contributed by atoms with Gasteiger partial charge in [0.25, 0.3) is 0 Å². The van der Waals surface area contributed by atoms with Gasteiger partial charge in [-0.2, -0.15) is 0 Å². The van der Waals surface area contributed by atoms with Gasteiger partial charge >= 0.3 is 23.1 Å². The van der Waals surface area contributed by atoms with Crippen molar-refractivity contribution >= 4 is 42.7 Å². The van der Waals surface area contributed by atoms with Crippen molar-refractivity contribution < 1.29 is 9.09 Å². The molecule has 0 radical (unpaired) electrons. The zero-order valence-electron chi connectivity index (χ0n) is 7.93. The highest BCUT2D eigenvalue weighted by atomic mass is 35.5. The molecular formula is C9H20ClMgO2P. The van der Waals surface area contributed by atoms with E-state index in [-0.39, 0.29) is 23.1 Å². The van der Waals surface area contributed by atoms with Crippen LogP contribution in [0.4, 0.5) is 0 Å². The zero-order valence-corrected chi connectivity index (χ0v) is 9.68. The van der Waals surface area contributed by atoms with Crippen molar-refractivity contribution in [3.05, 3.63) is 0 Å². The minimum atomic E-state index is -1.77. The van der Waals surface area contributed by atoms with Crippen LogP contribution in [0.15, 0.2) is 0 Å². The molecule has 1 fully saturated rings. The number of halogens is 1. The molecule has 0 aromatic carbocycles. The van der Waals surface area contributed by atoms with E-state index in [0.29, 0.717) is 18.1 Å². The highest BCUT2D eigenvalue weighted by molar-refractivity contribution is 7.40. The first-order valence-electron chi connectivity index (χ1n) is 5.07. The van der Waals surface area contributed by atoms with Crippen molar-refractivity contribution in [2.45, 2.75) is 44.2 Å². The summed E-state index contributed by atoms with van der Waals surface area (Å²) in [5, 5.41) is 0. The Bertz CT molecular complexity index is 163. The molecular weight excluding hydrogens is 231 g/mol. The van der Waals surface area contributed by atoms with Gasteiger partial charge < -0.3 is 4.52 Å². The second-order valence-corrected chi connectivity index (χ2v) is 5.67. The van der Waals surface area contributed by atoms with E-state index in [0.717, 1.165) is 19.3 Å². The standard InChI is InChI=1S/C9H18ClO2P.Mg.2H/c10-7-4-8-12-13(11)9-5-2-1-3-6-9;;;/h9,13H,1-8H2;;;. The average molecular weight is 251 g/mol. The maximum Gasteiger partial charge on any atom is 0.316 e. The molecule has 2 nitrogen and oxygen atoms in total. The Morgan fingerprint density at radius 3 is 2.50 bits per heavy atom. The summed E-state index contributed by atoms with van der Waals surface area (Å²) >= 11 is 5.50. The topological polar surface area (TPSA) is 26.3 Å². The average Bonchev–Trinajstić information content (AvgIpc) is 2.19. The summed E-state index contributed by atoms with van der Waals surface area (Å²) in [7, 11) is -1.77. The predicted octanol–water partition coefficient (Wildman–Crippen LogP) is 2.52. The van der Waals surface area contributed by atoms with Gasteiger partial charge in [0, 0.05) is 11.5 Å². The molecule has 0 N–H and O–H groups in total. The van der Waals surface area contributed by atoms with E-state index in [2.05, 4.69) is 0 Å². The quantitative estimate of drug-likeness (QED) is 0.325. The van der Waals surface area contributed by atoms with Crippen LogP contribution >= 0.6 is 19.6 Å². The van der Waals surface area contributed by atoms with Crippen LogP contribution in [0, 0.1) is 0 Å². The van der Waals surface area contributed by atoms with Crippen molar-refractivity contribution in [1.82, 2.24) is 0 Å². The normalized spacial score (nSPS) is 20.1. The Balaban J connectivity index is 0.00000169. The minimum absolute atomic E-state index is 0. The molecule has 1 atom stereocenters. The fourth-order valence-electron chi connectivity index (χ4n) is 1.68. The molecule has 1 aliphatic rings. The molecule has 14 heavy (non-hydrogen) atoms. The SMILES string of the molecule is O=[PH](OCCCCl)C1CCCCC1.[MgH2]. The first kappa shape index (κ1) is 15.2. The molecule has 0 saturated heterocycles. The van der Waals surface area contributed by atoms with E-state index >= 15 is 0 Å². The summed E-state index contributed by atoms with van der Waals surface area (Å²) in [5.74, 6) is 0.597. The maximum absolute atomic E-state index is 11.6. The lowest BCUT2D eigenvalue weighted by Crippen LogP contribution is -2.09. The Labute approximate surface area is 108 Å². The lowest BCUT2D eigenvalue weighted by molar-refractivity contribution is 0.315. The van der Waals surface area contributed by atoms with Crippen molar-refractivity contribution in [2.24, 2.45) is 0 Å². The molecule has 1 unspecified atom stereocenters. The summed E-state index contributed by atoms with van der Waals surface area (Å²) < 4.78 is 16.9. The zero-order chi connectivity index (χ0) is 9.52. The first-order chi connectivity index (χ1) is 6.34. The summed E-state index contributed by atoms with van der Waals surface area (Å²) in [5.41, 5.74) is 0.356. The lowest BCUT2D eigenvalue weighted by atomic mass is 10.0. The molecule has 1 rings (SSSR count).